The lowest BCUT2D eigenvalue weighted by Gasteiger charge is -2.08. The van der Waals surface area contributed by atoms with Gasteiger partial charge in [0.2, 0.25) is 0 Å². The SMILES string of the molecule is O=C(CCl)c1csc(-c2cc(C(F)(F)F)ccc2F)n1. The van der Waals surface area contributed by atoms with E-state index in [4.69, 9.17) is 11.6 Å². The summed E-state index contributed by atoms with van der Waals surface area (Å²) >= 11 is 6.23. The molecule has 20 heavy (non-hydrogen) atoms. The van der Waals surface area contributed by atoms with Crippen LogP contribution in [0, 0.1) is 5.82 Å². The molecule has 106 valence electrons. The average Bonchev–Trinajstić information content (AvgIpc) is 2.86. The highest BCUT2D eigenvalue weighted by Crippen LogP contribution is 2.34. The maximum Gasteiger partial charge on any atom is 0.416 e. The molecule has 0 aliphatic rings. The summed E-state index contributed by atoms with van der Waals surface area (Å²) in [6, 6.07) is 2.04. The fourth-order valence-electron chi connectivity index (χ4n) is 1.46. The molecule has 0 fully saturated rings. The normalized spacial score (nSPS) is 11.7. The number of ketones is 1. The Hall–Kier alpha value is -1.47. The summed E-state index contributed by atoms with van der Waals surface area (Å²) < 4.78 is 51.4. The quantitative estimate of drug-likeness (QED) is 0.476. The number of rotatable bonds is 3. The predicted molar refractivity (Wildman–Crippen MR) is 67.6 cm³/mol. The molecule has 0 saturated carbocycles. The van der Waals surface area contributed by atoms with Crippen LogP contribution in [0.4, 0.5) is 17.6 Å². The Morgan fingerprint density at radius 1 is 1.35 bits per heavy atom. The van der Waals surface area contributed by atoms with Gasteiger partial charge in [-0.2, -0.15) is 13.2 Å². The van der Waals surface area contributed by atoms with E-state index in [1.807, 2.05) is 0 Å². The van der Waals surface area contributed by atoms with Crippen LogP contribution >= 0.6 is 22.9 Å². The van der Waals surface area contributed by atoms with Gasteiger partial charge in [0, 0.05) is 10.9 Å². The van der Waals surface area contributed by atoms with Gasteiger partial charge in [-0.1, -0.05) is 0 Å². The predicted octanol–water partition coefficient (Wildman–Crippen LogP) is 4.39. The zero-order valence-electron chi connectivity index (χ0n) is 9.67. The molecule has 0 atom stereocenters. The second-order valence-electron chi connectivity index (χ2n) is 3.79. The number of benzene rings is 1. The van der Waals surface area contributed by atoms with Crippen LogP contribution in [0.15, 0.2) is 23.6 Å². The molecular weight excluding hydrogens is 318 g/mol. The molecule has 1 aromatic carbocycles. The lowest BCUT2D eigenvalue weighted by atomic mass is 10.1. The molecular formula is C12H6ClF4NOS. The largest absolute Gasteiger partial charge is 0.416 e. The van der Waals surface area contributed by atoms with Gasteiger partial charge in [-0.3, -0.25) is 4.79 Å². The summed E-state index contributed by atoms with van der Waals surface area (Å²) in [6.07, 6.45) is -4.57. The molecule has 0 N–H and O–H groups in total. The minimum atomic E-state index is -4.57. The molecule has 2 nitrogen and oxygen atoms in total. The molecule has 0 saturated heterocycles. The summed E-state index contributed by atoms with van der Waals surface area (Å²) in [5, 5.41) is 1.33. The van der Waals surface area contributed by atoms with E-state index in [-0.39, 0.29) is 22.1 Å². The first-order chi connectivity index (χ1) is 9.32. The van der Waals surface area contributed by atoms with E-state index in [9.17, 15) is 22.4 Å². The van der Waals surface area contributed by atoms with Gasteiger partial charge in [-0.05, 0) is 18.2 Å². The molecule has 0 unspecified atom stereocenters. The van der Waals surface area contributed by atoms with Crippen LogP contribution in [0.2, 0.25) is 0 Å². The van der Waals surface area contributed by atoms with Crippen LogP contribution in [0.1, 0.15) is 16.1 Å². The Kier molecular flexibility index (Phi) is 4.10. The van der Waals surface area contributed by atoms with E-state index in [1.165, 1.54) is 5.38 Å². The number of carbonyl (C=O) groups excluding carboxylic acids is 1. The second kappa shape index (κ2) is 5.49. The number of hydrogen-bond donors (Lipinski definition) is 0. The van der Waals surface area contributed by atoms with Crippen LogP contribution in [-0.4, -0.2) is 16.6 Å². The highest BCUT2D eigenvalue weighted by molar-refractivity contribution is 7.13. The number of halogens is 5. The molecule has 0 radical (unpaired) electrons. The summed E-state index contributed by atoms with van der Waals surface area (Å²) in [6.45, 7) is 0. The topological polar surface area (TPSA) is 30.0 Å². The minimum absolute atomic E-state index is 0.00191. The highest BCUT2D eigenvalue weighted by Gasteiger charge is 2.31. The van der Waals surface area contributed by atoms with Crippen LogP contribution in [0.25, 0.3) is 10.6 Å². The fourth-order valence-corrected chi connectivity index (χ4v) is 2.44. The first kappa shape index (κ1) is 14.9. The summed E-state index contributed by atoms with van der Waals surface area (Å²) in [7, 11) is 0. The van der Waals surface area contributed by atoms with Crippen molar-refractivity contribution in [3.8, 4) is 10.6 Å². The van der Waals surface area contributed by atoms with Gasteiger partial charge in [0.15, 0.2) is 5.78 Å². The molecule has 1 aromatic heterocycles. The fraction of sp³-hybridized carbons (Fsp3) is 0.167. The van der Waals surface area contributed by atoms with E-state index < -0.39 is 23.3 Å². The number of alkyl halides is 4. The van der Waals surface area contributed by atoms with Crippen molar-refractivity contribution in [1.29, 1.82) is 0 Å². The van der Waals surface area contributed by atoms with E-state index in [1.54, 1.807) is 0 Å². The zero-order chi connectivity index (χ0) is 14.9. The summed E-state index contributed by atoms with van der Waals surface area (Å²) in [5.41, 5.74) is -1.26. The van der Waals surface area contributed by atoms with Gasteiger partial charge < -0.3 is 0 Å². The molecule has 0 amide bonds. The summed E-state index contributed by atoms with van der Waals surface area (Å²) in [5.74, 6) is -1.60. The van der Waals surface area contributed by atoms with Gasteiger partial charge in [0.1, 0.15) is 16.5 Å². The number of thiazole rings is 1. The lowest BCUT2D eigenvalue weighted by molar-refractivity contribution is -0.137. The highest BCUT2D eigenvalue weighted by atomic mass is 35.5. The van der Waals surface area contributed by atoms with E-state index in [0.717, 1.165) is 17.4 Å². The van der Waals surface area contributed by atoms with E-state index in [2.05, 4.69) is 4.98 Å². The van der Waals surface area contributed by atoms with Crippen LogP contribution in [0.3, 0.4) is 0 Å². The Balaban J connectivity index is 2.47. The van der Waals surface area contributed by atoms with Crippen LogP contribution in [-0.2, 0) is 6.18 Å². The monoisotopic (exact) mass is 323 g/mol. The van der Waals surface area contributed by atoms with Gasteiger partial charge in [0.25, 0.3) is 0 Å². The van der Waals surface area contributed by atoms with Crippen LogP contribution < -0.4 is 0 Å². The Labute approximate surface area is 120 Å². The van der Waals surface area contributed by atoms with Gasteiger partial charge in [0.05, 0.1) is 11.4 Å². The van der Waals surface area contributed by atoms with Crippen LogP contribution in [0.5, 0.6) is 0 Å². The third kappa shape index (κ3) is 2.99. The molecule has 2 aromatic rings. The van der Waals surface area contributed by atoms with Crippen molar-refractivity contribution in [2.24, 2.45) is 0 Å². The van der Waals surface area contributed by atoms with Crippen molar-refractivity contribution >= 4 is 28.7 Å². The Bertz CT molecular complexity index is 653. The van der Waals surface area contributed by atoms with Crippen molar-refractivity contribution in [1.82, 2.24) is 4.98 Å². The number of aromatic nitrogens is 1. The van der Waals surface area contributed by atoms with Gasteiger partial charge in [-0.25, -0.2) is 9.37 Å². The molecule has 2 rings (SSSR count). The molecule has 0 bridgehead atoms. The van der Waals surface area contributed by atoms with E-state index >= 15 is 0 Å². The molecule has 0 aliphatic carbocycles. The first-order valence-corrected chi connectivity index (χ1v) is 6.66. The lowest BCUT2D eigenvalue weighted by Crippen LogP contribution is -2.05. The third-order valence-corrected chi connectivity index (χ3v) is 3.55. The Morgan fingerprint density at radius 3 is 2.65 bits per heavy atom. The number of nitrogens with zero attached hydrogens (tertiary/aromatic N) is 1. The molecule has 1 heterocycles. The van der Waals surface area contributed by atoms with E-state index in [0.29, 0.717) is 12.1 Å². The maximum atomic E-state index is 13.6. The van der Waals surface area contributed by atoms with Crippen molar-refractivity contribution in [3.63, 3.8) is 0 Å². The number of hydrogen-bond acceptors (Lipinski definition) is 3. The van der Waals surface area contributed by atoms with Crippen molar-refractivity contribution in [2.45, 2.75) is 6.18 Å². The smallest absolute Gasteiger partial charge is 0.291 e. The molecule has 0 aliphatic heterocycles. The third-order valence-electron chi connectivity index (χ3n) is 2.44. The average molecular weight is 324 g/mol. The molecule has 0 spiro atoms. The zero-order valence-corrected chi connectivity index (χ0v) is 11.2. The van der Waals surface area contributed by atoms with Crippen molar-refractivity contribution < 1.29 is 22.4 Å². The van der Waals surface area contributed by atoms with Gasteiger partial charge >= 0.3 is 6.18 Å². The number of Topliss-reactive ketones (excluding diaryl/α,β-unsaturated/α-hetero) is 1. The van der Waals surface area contributed by atoms with Gasteiger partial charge in [-0.15, -0.1) is 22.9 Å². The second-order valence-corrected chi connectivity index (χ2v) is 4.91. The standard InChI is InChI=1S/C12H6ClF4NOS/c13-4-10(19)9-5-20-11(18-9)7-3-6(12(15,16)17)1-2-8(7)14/h1-3,5H,4H2. The Morgan fingerprint density at radius 2 is 2.05 bits per heavy atom. The minimum Gasteiger partial charge on any atom is -0.291 e. The molecule has 8 heteroatoms. The maximum absolute atomic E-state index is 13.6. The van der Waals surface area contributed by atoms with Crippen molar-refractivity contribution in [2.75, 3.05) is 5.88 Å². The number of carbonyl (C=O) groups is 1. The van der Waals surface area contributed by atoms with Crippen molar-refractivity contribution in [3.05, 3.63) is 40.7 Å². The summed E-state index contributed by atoms with van der Waals surface area (Å²) in [4.78, 5) is 15.1. The first-order valence-electron chi connectivity index (χ1n) is 5.24.